The van der Waals surface area contributed by atoms with Crippen LogP contribution in [0.25, 0.3) is 0 Å². The minimum atomic E-state index is 0.0308. The molecule has 2 aromatic rings. The number of nitrogens with zero attached hydrogens (tertiary/aromatic N) is 2. The van der Waals surface area contributed by atoms with E-state index in [-0.39, 0.29) is 5.91 Å². The number of nitrogens with one attached hydrogen (secondary N) is 1. The highest BCUT2D eigenvalue weighted by molar-refractivity contribution is 5.94. The van der Waals surface area contributed by atoms with Crippen LogP contribution in [-0.2, 0) is 11.2 Å². The van der Waals surface area contributed by atoms with Crippen LogP contribution in [0.4, 0.5) is 5.69 Å². The van der Waals surface area contributed by atoms with Crippen molar-refractivity contribution in [1.29, 1.82) is 5.26 Å². The average molecular weight is 279 g/mol. The zero-order valence-corrected chi connectivity index (χ0v) is 11.5. The molecule has 1 aliphatic heterocycles. The van der Waals surface area contributed by atoms with E-state index < -0.39 is 0 Å². The minimum absolute atomic E-state index is 0.0308. The molecule has 1 aliphatic rings. The monoisotopic (exact) mass is 279 g/mol. The minimum Gasteiger partial charge on any atom is -0.438 e. The smallest absolute Gasteiger partial charge is 0.237 e. The molecule has 1 aromatic heterocycles. The molecule has 1 amide bonds. The summed E-state index contributed by atoms with van der Waals surface area (Å²) >= 11 is 0. The van der Waals surface area contributed by atoms with E-state index in [0.717, 1.165) is 16.8 Å². The van der Waals surface area contributed by atoms with Crippen molar-refractivity contribution in [2.45, 2.75) is 19.8 Å². The molecule has 0 saturated carbocycles. The average Bonchev–Trinajstić information content (AvgIpc) is 2.48. The van der Waals surface area contributed by atoms with E-state index in [1.807, 2.05) is 19.1 Å². The summed E-state index contributed by atoms with van der Waals surface area (Å²) in [6.45, 7) is 1.84. The lowest BCUT2D eigenvalue weighted by Crippen LogP contribution is -2.18. The molecule has 0 fully saturated rings. The molecule has 1 N–H and O–H groups in total. The quantitative estimate of drug-likeness (QED) is 0.917. The summed E-state index contributed by atoms with van der Waals surface area (Å²) in [7, 11) is 0. The van der Waals surface area contributed by atoms with Gasteiger partial charge in [-0.3, -0.25) is 4.79 Å². The van der Waals surface area contributed by atoms with Crippen LogP contribution in [0.5, 0.6) is 11.6 Å². The fourth-order valence-corrected chi connectivity index (χ4v) is 2.28. The van der Waals surface area contributed by atoms with E-state index in [1.165, 1.54) is 0 Å². The second-order valence-corrected chi connectivity index (χ2v) is 4.89. The highest BCUT2D eigenvalue weighted by Crippen LogP contribution is 2.30. The van der Waals surface area contributed by atoms with Gasteiger partial charge in [-0.25, -0.2) is 4.98 Å². The standard InChI is InChI=1S/C16H13N3O2/c1-10-6-7-18-16(13(10)9-17)21-12-3-4-14-11(8-12)2-5-15(20)19-14/h3-4,6-8H,2,5H2,1H3,(H,19,20). The maximum absolute atomic E-state index is 11.3. The van der Waals surface area contributed by atoms with Gasteiger partial charge in [-0.05, 0) is 48.7 Å². The first-order valence-corrected chi connectivity index (χ1v) is 6.63. The molecule has 3 rings (SSSR count). The number of carbonyl (C=O) groups excluding carboxylic acids is 1. The Morgan fingerprint density at radius 1 is 1.33 bits per heavy atom. The summed E-state index contributed by atoms with van der Waals surface area (Å²) in [5.74, 6) is 0.945. The molecule has 5 heteroatoms. The lowest BCUT2D eigenvalue weighted by molar-refractivity contribution is -0.116. The van der Waals surface area contributed by atoms with Crippen molar-refractivity contribution in [2.24, 2.45) is 0 Å². The van der Waals surface area contributed by atoms with Gasteiger partial charge in [0.15, 0.2) is 0 Å². The molecule has 0 bridgehead atoms. The number of anilines is 1. The van der Waals surface area contributed by atoms with E-state index in [0.29, 0.717) is 30.0 Å². The molecule has 0 unspecified atom stereocenters. The summed E-state index contributed by atoms with van der Waals surface area (Å²) in [5.41, 5.74) is 3.10. The Morgan fingerprint density at radius 2 is 2.19 bits per heavy atom. The topological polar surface area (TPSA) is 75.0 Å². The summed E-state index contributed by atoms with van der Waals surface area (Å²) in [6, 6.07) is 9.32. The molecule has 104 valence electrons. The molecule has 21 heavy (non-hydrogen) atoms. The molecular weight excluding hydrogens is 266 g/mol. The Hall–Kier alpha value is -2.87. The maximum Gasteiger partial charge on any atom is 0.237 e. The first kappa shape index (κ1) is 13.1. The normalized spacial score (nSPS) is 13.0. The zero-order chi connectivity index (χ0) is 14.8. The summed E-state index contributed by atoms with van der Waals surface area (Å²) < 4.78 is 5.73. The van der Waals surface area contributed by atoms with Crippen LogP contribution in [0.15, 0.2) is 30.5 Å². The fourth-order valence-electron chi connectivity index (χ4n) is 2.28. The number of benzene rings is 1. The van der Waals surface area contributed by atoms with E-state index >= 15 is 0 Å². The van der Waals surface area contributed by atoms with E-state index in [9.17, 15) is 10.1 Å². The molecule has 2 heterocycles. The molecule has 1 aromatic carbocycles. The summed E-state index contributed by atoms with van der Waals surface area (Å²) in [4.78, 5) is 15.4. The maximum atomic E-state index is 11.3. The van der Waals surface area contributed by atoms with Crippen LogP contribution in [0.2, 0.25) is 0 Å². The molecule has 0 aliphatic carbocycles. The Labute approximate surface area is 122 Å². The van der Waals surface area contributed by atoms with Gasteiger partial charge in [0.25, 0.3) is 0 Å². The van der Waals surface area contributed by atoms with E-state index in [2.05, 4.69) is 16.4 Å². The van der Waals surface area contributed by atoms with E-state index in [1.54, 1.807) is 18.3 Å². The number of rotatable bonds is 2. The van der Waals surface area contributed by atoms with Gasteiger partial charge in [-0.15, -0.1) is 0 Å². The van der Waals surface area contributed by atoms with Crippen molar-refractivity contribution >= 4 is 11.6 Å². The molecule has 0 radical (unpaired) electrons. The van der Waals surface area contributed by atoms with Crippen molar-refractivity contribution < 1.29 is 9.53 Å². The van der Waals surface area contributed by atoms with Gasteiger partial charge in [0, 0.05) is 18.3 Å². The van der Waals surface area contributed by atoms with Crippen LogP contribution in [-0.4, -0.2) is 10.9 Å². The van der Waals surface area contributed by atoms with Crippen LogP contribution >= 0.6 is 0 Å². The third-order valence-corrected chi connectivity index (χ3v) is 3.42. The number of aryl methyl sites for hydroxylation is 2. The SMILES string of the molecule is Cc1ccnc(Oc2ccc3c(c2)CCC(=O)N3)c1C#N. The number of hydrogen-bond donors (Lipinski definition) is 1. The van der Waals surface area contributed by atoms with Crippen molar-refractivity contribution in [3.63, 3.8) is 0 Å². The number of carbonyl (C=O) groups is 1. The lowest BCUT2D eigenvalue weighted by Gasteiger charge is -2.17. The van der Waals surface area contributed by atoms with Gasteiger partial charge in [0.05, 0.1) is 0 Å². The Kier molecular flexibility index (Phi) is 3.28. The van der Waals surface area contributed by atoms with Crippen LogP contribution in [0, 0.1) is 18.3 Å². The lowest BCUT2D eigenvalue weighted by atomic mass is 10.0. The predicted octanol–water partition coefficient (Wildman–Crippen LogP) is 2.94. The predicted molar refractivity (Wildman–Crippen MR) is 77.2 cm³/mol. The molecule has 0 saturated heterocycles. The van der Waals surface area contributed by atoms with Gasteiger partial charge in [0.2, 0.25) is 11.8 Å². The largest absolute Gasteiger partial charge is 0.438 e. The van der Waals surface area contributed by atoms with Crippen molar-refractivity contribution in [1.82, 2.24) is 4.98 Å². The number of pyridine rings is 1. The van der Waals surface area contributed by atoms with Crippen LogP contribution < -0.4 is 10.1 Å². The molecule has 5 nitrogen and oxygen atoms in total. The Morgan fingerprint density at radius 3 is 3.00 bits per heavy atom. The third-order valence-electron chi connectivity index (χ3n) is 3.42. The number of ether oxygens (including phenoxy) is 1. The Bertz CT molecular complexity index is 763. The third kappa shape index (κ3) is 2.56. The first-order chi connectivity index (χ1) is 10.2. The second-order valence-electron chi connectivity index (χ2n) is 4.89. The fraction of sp³-hybridized carbons (Fsp3) is 0.188. The number of fused-ring (bicyclic) bond motifs is 1. The van der Waals surface area contributed by atoms with Gasteiger partial charge < -0.3 is 10.1 Å². The van der Waals surface area contributed by atoms with Gasteiger partial charge in [0.1, 0.15) is 17.4 Å². The van der Waals surface area contributed by atoms with Gasteiger partial charge in [-0.1, -0.05) is 0 Å². The van der Waals surface area contributed by atoms with Crippen molar-refractivity contribution in [3.05, 3.63) is 47.2 Å². The second kappa shape index (κ2) is 5.25. The number of aromatic nitrogens is 1. The molecular formula is C16H13N3O2. The summed E-state index contributed by atoms with van der Waals surface area (Å²) in [5, 5.41) is 12.0. The van der Waals surface area contributed by atoms with Crippen LogP contribution in [0.3, 0.4) is 0 Å². The summed E-state index contributed by atoms with van der Waals surface area (Å²) in [6.07, 6.45) is 2.78. The highest BCUT2D eigenvalue weighted by atomic mass is 16.5. The first-order valence-electron chi connectivity index (χ1n) is 6.63. The van der Waals surface area contributed by atoms with Gasteiger partial charge in [-0.2, -0.15) is 5.26 Å². The van der Waals surface area contributed by atoms with E-state index in [4.69, 9.17) is 4.74 Å². The van der Waals surface area contributed by atoms with Crippen molar-refractivity contribution in [3.8, 4) is 17.7 Å². The van der Waals surface area contributed by atoms with Gasteiger partial charge >= 0.3 is 0 Å². The number of nitriles is 1. The Balaban J connectivity index is 1.92. The molecule has 0 atom stereocenters. The molecule has 0 spiro atoms. The number of amides is 1. The zero-order valence-electron chi connectivity index (χ0n) is 11.5. The number of hydrogen-bond acceptors (Lipinski definition) is 4. The van der Waals surface area contributed by atoms with Crippen LogP contribution in [0.1, 0.15) is 23.1 Å². The van der Waals surface area contributed by atoms with Crippen molar-refractivity contribution in [2.75, 3.05) is 5.32 Å². The highest BCUT2D eigenvalue weighted by Gasteiger charge is 2.16.